The molecule has 460 valence electrons. The summed E-state index contributed by atoms with van der Waals surface area (Å²) in [5.41, 5.74) is 17.8. The second-order valence-electron chi connectivity index (χ2n) is 24.9. The van der Waals surface area contributed by atoms with Crippen molar-refractivity contribution in [2.75, 3.05) is 0 Å². The fraction of sp³-hybridized carbons (Fsp3) is 0. The summed E-state index contributed by atoms with van der Waals surface area (Å²) >= 11 is 0. The number of hydrogen-bond donors (Lipinski definition) is 0. The Bertz CT molecular complexity index is 6680. The minimum atomic E-state index is 0.524. The first-order valence-corrected chi connectivity index (χ1v) is 32.8. The van der Waals surface area contributed by atoms with Gasteiger partial charge in [0.15, 0.2) is 46.1 Å². The number of benzene rings is 13. The van der Waals surface area contributed by atoms with Gasteiger partial charge in [0.25, 0.3) is 0 Å². The van der Waals surface area contributed by atoms with Crippen molar-refractivity contribution in [2.24, 2.45) is 0 Å². The Labute approximate surface area is 564 Å². The lowest BCUT2D eigenvalue weighted by Crippen LogP contribution is -2.01. The van der Waals surface area contributed by atoms with Crippen LogP contribution >= 0.6 is 0 Å². The van der Waals surface area contributed by atoms with E-state index in [2.05, 4.69) is 193 Å². The Morgan fingerprint density at radius 2 is 0.677 bits per heavy atom. The van der Waals surface area contributed by atoms with Crippen LogP contribution in [0, 0.1) is 0 Å². The van der Waals surface area contributed by atoms with Crippen LogP contribution in [0.25, 0.3) is 211 Å². The summed E-state index contributed by atoms with van der Waals surface area (Å²) in [5.74, 6) is 3.48. The summed E-state index contributed by atoms with van der Waals surface area (Å²) in [6.45, 7) is 0. The van der Waals surface area contributed by atoms with Gasteiger partial charge in [0, 0.05) is 83.7 Å². The Morgan fingerprint density at radius 3 is 1.39 bits per heavy atom. The molecular formula is C88H50N8O3. The van der Waals surface area contributed by atoms with Crippen molar-refractivity contribution in [3.05, 3.63) is 304 Å². The third-order valence-electron chi connectivity index (χ3n) is 19.2. The van der Waals surface area contributed by atoms with Gasteiger partial charge in [0.2, 0.25) is 0 Å². The van der Waals surface area contributed by atoms with Gasteiger partial charge < -0.3 is 13.3 Å². The summed E-state index contributed by atoms with van der Waals surface area (Å²) in [4.78, 5) is 40.4. The Kier molecular flexibility index (Phi) is 12.7. The van der Waals surface area contributed by atoms with Gasteiger partial charge in [-0.25, -0.2) is 29.9 Å². The molecule has 0 atom stereocenters. The highest BCUT2D eigenvalue weighted by Gasteiger charge is 2.24. The van der Waals surface area contributed by atoms with Crippen molar-refractivity contribution in [1.29, 1.82) is 0 Å². The predicted molar refractivity (Wildman–Crippen MR) is 398 cm³/mol. The molecule has 0 aliphatic rings. The number of fused-ring (bicyclic) bond motifs is 12. The van der Waals surface area contributed by atoms with E-state index in [4.69, 9.17) is 48.1 Å². The minimum absolute atomic E-state index is 0.524. The van der Waals surface area contributed by atoms with Crippen LogP contribution in [0.1, 0.15) is 0 Å². The lowest BCUT2D eigenvalue weighted by molar-refractivity contribution is 0.666. The van der Waals surface area contributed by atoms with Crippen LogP contribution in [-0.4, -0.2) is 39.9 Å². The van der Waals surface area contributed by atoms with Crippen LogP contribution in [0.15, 0.2) is 317 Å². The Balaban J connectivity index is 0.654. The molecule has 99 heavy (non-hydrogen) atoms. The molecule has 0 saturated carbocycles. The van der Waals surface area contributed by atoms with Crippen LogP contribution in [0.2, 0.25) is 0 Å². The molecule has 7 heterocycles. The molecule has 20 rings (SSSR count). The van der Waals surface area contributed by atoms with Gasteiger partial charge in [-0.1, -0.05) is 237 Å². The molecule has 0 radical (unpaired) electrons. The fourth-order valence-electron chi connectivity index (χ4n) is 14.6. The molecule has 11 heteroatoms. The van der Waals surface area contributed by atoms with Crippen molar-refractivity contribution in [2.45, 2.75) is 0 Å². The highest BCUT2D eigenvalue weighted by molar-refractivity contribution is 6.20. The number of aromatic nitrogens is 8. The zero-order valence-electron chi connectivity index (χ0n) is 52.7. The molecule has 0 saturated heterocycles. The van der Waals surface area contributed by atoms with E-state index in [1.807, 2.05) is 109 Å². The predicted octanol–water partition coefficient (Wildman–Crippen LogP) is 22.7. The first-order valence-electron chi connectivity index (χ1n) is 32.8. The molecule has 7 aromatic heterocycles. The minimum Gasteiger partial charge on any atom is -0.456 e. The van der Waals surface area contributed by atoms with Gasteiger partial charge in [-0.2, -0.15) is 0 Å². The van der Waals surface area contributed by atoms with E-state index >= 15 is 0 Å². The van der Waals surface area contributed by atoms with Gasteiger partial charge in [-0.3, -0.25) is 9.97 Å². The van der Waals surface area contributed by atoms with E-state index in [0.29, 0.717) is 57.4 Å². The molecule has 0 bridgehead atoms. The third kappa shape index (κ3) is 9.28. The van der Waals surface area contributed by atoms with Crippen LogP contribution in [0.5, 0.6) is 0 Å². The van der Waals surface area contributed by atoms with Crippen molar-refractivity contribution < 1.29 is 13.3 Å². The lowest BCUT2D eigenvalue weighted by Gasteiger charge is -2.14. The first kappa shape index (κ1) is 55.8. The summed E-state index contributed by atoms with van der Waals surface area (Å²) in [7, 11) is 0. The Hall–Kier alpha value is -13.6. The standard InChI is InChI=1S/C88H50N8O3/c1-3-17-53(18-4-1)83-91-85(93-86(92-83)58-39-34-51-16-7-8-21-56(51)48-58)55-37-35-52(36-38-55)59-42-43-65(61-23-10-9-22-60(59)61)67-28-14-33-75-79(67)71-45-47-90-81(82(71)99-75)57-40-41-69-76(49-57)97-74-32-15-30-72(80(69)74)88-95-84(54-19-5-2-6-20-54)94-87(96-88)68-29-12-24-62-63(25-11-26-64(62)68)66-27-13-31-73-78(66)70-44-46-89-50-77(70)98-73/h1-50H. The van der Waals surface area contributed by atoms with Gasteiger partial charge >= 0.3 is 0 Å². The Morgan fingerprint density at radius 1 is 0.222 bits per heavy atom. The van der Waals surface area contributed by atoms with Gasteiger partial charge in [0.1, 0.15) is 28.0 Å². The fourth-order valence-corrected chi connectivity index (χ4v) is 14.6. The maximum atomic E-state index is 6.93. The van der Waals surface area contributed by atoms with Crippen molar-refractivity contribution in [3.8, 4) is 113 Å². The molecular weight excluding hydrogens is 1220 g/mol. The number of pyridine rings is 2. The third-order valence-corrected chi connectivity index (χ3v) is 19.2. The SMILES string of the molecule is c1ccc(-c2nc(-c3ccc(-c4ccc(-c5cccc6oc7c(-c8ccc9c(c8)oc8cccc(-c%10nc(-c%11ccccc%11)nc(-c%11cccc%12c(-c%13cccc%14oc%15cnccc%15c%13%14)cccc%11%12)n%10)c89)nccc7c56)c5ccccc45)cc3)nc(-c3ccc4ccccc4c3)n2)cc1. The van der Waals surface area contributed by atoms with E-state index in [1.54, 1.807) is 6.20 Å². The van der Waals surface area contributed by atoms with Crippen LogP contribution in [0.4, 0.5) is 0 Å². The van der Waals surface area contributed by atoms with Gasteiger partial charge in [0.05, 0.1) is 6.20 Å². The highest BCUT2D eigenvalue weighted by atomic mass is 16.3. The number of furan rings is 3. The number of rotatable bonds is 10. The second kappa shape index (κ2) is 22.5. The molecule has 0 fully saturated rings. The summed E-state index contributed by atoms with van der Waals surface area (Å²) in [6, 6.07) is 98.2. The number of nitrogens with zero attached hydrogens (tertiary/aromatic N) is 8. The maximum absolute atomic E-state index is 6.93. The van der Waals surface area contributed by atoms with Crippen LogP contribution in [-0.2, 0) is 0 Å². The summed E-state index contributed by atoms with van der Waals surface area (Å²) in [6.07, 6.45) is 5.46. The summed E-state index contributed by atoms with van der Waals surface area (Å²) < 4.78 is 20.1. The highest BCUT2D eigenvalue weighted by Crippen LogP contribution is 2.47. The van der Waals surface area contributed by atoms with Crippen molar-refractivity contribution >= 4 is 98.1 Å². The second-order valence-corrected chi connectivity index (χ2v) is 24.9. The number of hydrogen-bond acceptors (Lipinski definition) is 11. The molecule has 0 unspecified atom stereocenters. The van der Waals surface area contributed by atoms with Crippen LogP contribution < -0.4 is 0 Å². The van der Waals surface area contributed by atoms with E-state index < -0.39 is 0 Å². The van der Waals surface area contributed by atoms with E-state index in [9.17, 15) is 0 Å². The van der Waals surface area contributed by atoms with E-state index in [1.165, 1.54) is 0 Å². The zero-order valence-corrected chi connectivity index (χ0v) is 52.7. The van der Waals surface area contributed by atoms with Crippen LogP contribution in [0.3, 0.4) is 0 Å². The monoisotopic (exact) mass is 1270 g/mol. The molecule has 11 nitrogen and oxygen atoms in total. The molecule has 0 spiro atoms. The molecule has 20 aromatic rings. The van der Waals surface area contributed by atoms with Gasteiger partial charge in [-0.15, -0.1) is 0 Å². The van der Waals surface area contributed by atoms with Crippen molar-refractivity contribution in [1.82, 2.24) is 39.9 Å². The molecule has 0 aliphatic carbocycles. The maximum Gasteiger partial charge on any atom is 0.164 e. The molecule has 0 amide bonds. The van der Waals surface area contributed by atoms with E-state index in [0.717, 1.165) is 154 Å². The lowest BCUT2D eigenvalue weighted by atomic mass is 9.90. The topological polar surface area (TPSA) is 143 Å². The summed E-state index contributed by atoms with van der Waals surface area (Å²) in [5, 5.41) is 12.4. The van der Waals surface area contributed by atoms with Gasteiger partial charge in [-0.05, 0) is 114 Å². The van der Waals surface area contributed by atoms with E-state index in [-0.39, 0.29) is 0 Å². The average Bonchev–Trinajstić information content (AvgIpc) is 1.69. The molecule has 0 N–H and O–H groups in total. The smallest absolute Gasteiger partial charge is 0.164 e. The largest absolute Gasteiger partial charge is 0.456 e. The zero-order chi connectivity index (χ0) is 65.1. The first-order chi connectivity index (χ1) is 49.0. The molecule has 13 aromatic carbocycles. The normalized spacial score (nSPS) is 11.8. The quantitative estimate of drug-likeness (QED) is 0.129. The molecule has 0 aliphatic heterocycles. The van der Waals surface area contributed by atoms with Crippen molar-refractivity contribution in [3.63, 3.8) is 0 Å². The average molecular weight is 1270 g/mol.